The highest BCUT2D eigenvalue weighted by atomic mass is 19.1. The number of benzene rings is 2. The van der Waals surface area contributed by atoms with Crippen molar-refractivity contribution in [2.75, 3.05) is 6.54 Å². The molecule has 0 saturated heterocycles. The van der Waals surface area contributed by atoms with Crippen LogP contribution in [0.25, 0.3) is 0 Å². The van der Waals surface area contributed by atoms with E-state index in [1.165, 1.54) is 12.1 Å². The monoisotopic (exact) mass is 273 g/mol. The molecule has 2 N–H and O–H groups in total. The van der Waals surface area contributed by atoms with E-state index in [1.807, 2.05) is 0 Å². The number of carbonyl (C=O) groups excluding carboxylic acids is 1. The standard InChI is InChI=1S/C16H16FNO2/c17-14-5-1-12(2-6-14)9-10-18-16(20)11-13-3-7-15(19)8-4-13/h1-8,19H,9-11H2,(H,18,20). The lowest BCUT2D eigenvalue weighted by atomic mass is 10.1. The molecule has 104 valence electrons. The Morgan fingerprint density at radius 1 is 1.00 bits per heavy atom. The van der Waals surface area contributed by atoms with E-state index in [2.05, 4.69) is 5.32 Å². The summed E-state index contributed by atoms with van der Waals surface area (Å²) in [7, 11) is 0. The Kier molecular flexibility index (Phi) is 4.71. The topological polar surface area (TPSA) is 49.3 Å². The number of carbonyl (C=O) groups is 1. The molecule has 20 heavy (non-hydrogen) atoms. The molecule has 2 aromatic carbocycles. The first-order valence-corrected chi connectivity index (χ1v) is 6.42. The molecule has 3 nitrogen and oxygen atoms in total. The minimum Gasteiger partial charge on any atom is -0.508 e. The number of rotatable bonds is 5. The van der Waals surface area contributed by atoms with Crippen LogP contribution in [0.5, 0.6) is 5.75 Å². The van der Waals surface area contributed by atoms with Crippen LogP contribution in [0.15, 0.2) is 48.5 Å². The third-order valence-corrected chi connectivity index (χ3v) is 2.95. The number of amides is 1. The number of halogens is 1. The first-order valence-electron chi connectivity index (χ1n) is 6.42. The van der Waals surface area contributed by atoms with Gasteiger partial charge in [0.05, 0.1) is 6.42 Å². The summed E-state index contributed by atoms with van der Waals surface area (Å²) in [6.45, 7) is 0.516. The number of nitrogens with one attached hydrogen (secondary N) is 1. The summed E-state index contributed by atoms with van der Waals surface area (Å²) in [6, 6.07) is 12.8. The van der Waals surface area contributed by atoms with Gasteiger partial charge in [-0.2, -0.15) is 0 Å². The maximum Gasteiger partial charge on any atom is 0.224 e. The van der Waals surface area contributed by atoms with E-state index in [9.17, 15) is 9.18 Å². The average molecular weight is 273 g/mol. The molecule has 0 fully saturated rings. The molecule has 4 heteroatoms. The molecule has 2 aromatic rings. The van der Waals surface area contributed by atoms with Crippen molar-refractivity contribution in [3.8, 4) is 5.75 Å². The molecule has 1 amide bonds. The van der Waals surface area contributed by atoms with Crippen molar-refractivity contribution in [3.05, 3.63) is 65.5 Å². The number of aromatic hydroxyl groups is 1. The number of phenolic OH excluding ortho intramolecular Hbond substituents is 1. The molecule has 0 radical (unpaired) electrons. The summed E-state index contributed by atoms with van der Waals surface area (Å²) in [5.74, 6) is -0.145. The largest absolute Gasteiger partial charge is 0.508 e. The third-order valence-electron chi connectivity index (χ3n) is 2.95. The predicted octanol–water partition coefficient (Wildman–Crippen LogP) is 2.43. The molecule has 0 spiro atoms. The maximum atomic E-state index is 12.7. The van der Waals surface area contributed by atoms with Crippen molar-refractivity contribution < 1.29 is 14.3 Å². The van der Waals surface area contributed by atoms with Crippen LogP contribution >= 0.6 is 0 Å². The highest BCUT2D eigenvalue weighted by molar-refractivity contribution is 5.78. The zero-order valence-electron chi connectivity index (χ0n) is 11.0. The lowest BCUT2D eigenvalue weighted by molar-refractivity contribution is -0.120. The van der Waals surface area contributed by atoms with Gasteiger partial charge in [0.1, 0.15) is 11.6 Å². The molecule has 0 bridgehead atoms. The minimum atomic E-state index is -0.259. The van der Waals surface area contributed by atoms with Crippen LogP contribution in [0.1, 0.15) is 11.1 Å². The smallest absolute Gasteiger partial charge is 0.224 e. The van der Waals surface area contributed by atoms with Crippen molar-refractivity contribution in [2.45, 2.75) is 12.8 Å². The van der Waals surface area contributed by atoms with Crippen molar-refractivity contribution in [1.29, 1.82) is 0 Å². The van der Waals surface area contributed by atoms with Crippen molar-refractivity contribution in [3.63, 3.8) is 0 Å². The van der Waals surface area contributed by atoms with Crippen LogP contribution in [0.3, 0.4) is 0 Å². The molecule has 0 saturated carbocycles. The predicted molar refractivity (Wildman–Crippen MR) is 74.9 cm³/mol. The van der Waals surface area contributed by atoms with Gasteiger partial charge >= 0.3 is 0 Å². The molecule has 2 rings (SSSR count). The zero-order valence-corrected chi connectivity index (χ0v) is 11.0. The number of hydrogen-bond donors (Lipinski definition) is 2. The summed E-state index contributed by atoms with van der Waals surface area (Å²) in [6.07, 6.45) is 0.950. The van der Waals surface area contributed by atoms with E-state index in [4.69, 9.17) is 5.11 Å². The Hall–Kier alpha value is -2.36. The average Bonchev–Trinajstić information content (AvgIpc) is 2.44. The highest BCUT2D eigenvalue weighted by Gasteiger charge is 2.03. The first kappa shape index (κ1) is 14.1. The van der Waals surface area contributed by atoms with Gasteiger partial charge < -0.3 is 10.4 Å². The van der Waals surface area contributed by atoms with Gasteiger partial charge in [0.2, 0.25) is 5.91 Å². The summed E-state index contributed by atoms with van der Waals surface area (Å²) < 4.78 is 12.7. The highest BCUT2D eigenvalue weighted by Crippen LogP contribution is 2.10. The van der Waals surface area contributed by atoms with Crippen LogP contribution in [0.2, 0.25) is 0 Å². The molecule has 0 aliphatic carbocycles. The fourth-order valence-electron chi connectivity index (χ4n) is 1.86. The fraction of sp³-hybridized carbons (Fsp3) is 0.188. The van der Waals surface area contributed by atoms with E-state index in [0.717, 1.165) is 11.1 Å². The molecular weight excluding hydrogens is 257 g/mol. The Morgan fingerprint density at radius 2 is 1.60 bits per heavy atom. The van der Waals surface area contributed by atoms with Crippen LogP contribution in [0.4, 0.5) is 4.39 Å². The summed E-state index contributed by atoms with van der Waals surface area (Å²) in [5.41, 5.74) is 1.83. The van der Waals surface area contributed by atoms with Crippen molar-refractivity contribution in [2.24, 2.45) is 0 Å². The molecule has 0 aliphatic heterocycles. The Labute approximate surface area is 117 Å². The third kappa shape index (κ3) is 4.39. The van der Waals surface area contributed by atoms with Gasteiger partial charge in [-0.25, -0.2) is 4.39 Å². The lowest BCUT2D eigenvalue weighted by Gasteiger charge is -2.06. The minimum absolute atomic E-state index is 0.0715. The molecule has 0 atom stereocenters. The summed E-state index contributed by atoms with van der Waals surface area (Å²) >= 11 is 0. The SMILES string of the molecule is O=C(Cc1ccc(O)cc1)NCCc1ccc(F)cc1. The molecule has 0 heterocycles. The van der Waals surface area contributed by atoms with E-state index >= 15 is 0 Å². The number of phenols is 1. The van der Waals surface area contributed by atoms with Gasteiger partial charge in [0.25, 0.3) is 0 Å². The molecule has 0 aromatic heterocycles. The summed E-state index contributed by atoms with van der Waals surface area (Å²) in [4.78, 5) is 11.7. The van der Waals surface area contributed by atoms with Gasteiger partial charge in [-0.15, -0.1) is 0 Å². The normalized spacial score (nSPS) is 10.2. The van der Waals surface area contributed by atoms with E-state index in [1.54, 1.807) is 36.4 Å². The van der Waals surface area contributed by atoms with E-state index in [0.29, 0.717) is 13.0 Å². The number of hydrogen-bond acceptors (Lipinski definition) is 2. The fourth-order valence-corrected chi connectivity index (χ4v) is 1.86. The van der Waals surface area contributed by atoms with Gasteiger partial charge in [-0.3, -0.25) is 4.79 Å². The van der Waals surface area contributed by atoms with Gasteiger partial charge in [0, 0.05) is 6.54 Å². The Bertz CT molecular complexity index is 564. The van der Waals surface area contributed by atoms with Crippen molar-refractivity contribution in [1.82, 2.24) is 5.32 Å². The van der Waals surface area contributed by atoms with Gasteiger partial charge in [-0.05, 0) is 41.8 Å². The zero-order chi connectivity index (χ0) is 14.4. The Morgan fingerprint density at radius 3 is 2.25 bits per heavy atom. The second-order valence-corrected chi connectivity index (χ2v) is 4.57. The van der Waals surface area contributed by atoms with Gasteiger partial charge in [-0.1, -0.05) is 24.3 Å². The van der Waals surface area contributed by atoms with Gasteiger partial charge in [0.15, 0.2) is 0 Å². The Balaban J connectivity index is 1.75. The van der Waals surface area contributed by atoms with Crippen LogP contribution in [0, 0.1) is 5.82 Å². The van der Waals surface area contributed by atoms with Crippen LogP contribution in [-0.2, 0) is 17.6 Å². The first-order chi connectivity index (χ1) is 9.63. The molecule has 0 unspecified atom stereocenters. The van der Waals surface area contributed by atoms with Crippen LogP contribution < -0.4 is 5.32 Å². The van der Waals surface area contributed by atoms with E-state index in [-0.39, 0.29) is 23.9 Å². The summed E-state index contributed by atoms with van der Waals surface area (Å²) in [5, 5.41) is 12.0. The maximum absolute atomic E-state index is 12.7. The van der Waals surface area contributed by atoms with Crippen molar-refractivity contribution >= 4 is 5.91 Å². The second-order valence-electron chi connectivity index (χ2n) is 4.57. The van der Waals surface area contributed by atoms with E-state index < -0.39 is 0 Å². The molecule has 0 aliphatic rings. The second kappa shape index (κ2) is 6.70. The van der Waals surface area contributed by atoms with Crippen LogP contribution in [-0.4, -0.2) is 17.6 Å². The molecular formula is C16H16FNO2. The quantitative estimate of drug-likeness (QED) is 0.879. The lowest BCUT2D eigenvalue weighted by Crippen LogP contribution is -2.27.